The van der Waals surface area contributed by atoms with Gasteiger partial charge in [0, 0.05) is 17.4 Å². The summed E-state index contributed by atoms with van der Waals surface area (Å²) in [5, 5.41) is 10.9. The monoisotopic (exact) mass is 414 g/mol. The Morgan fingerprint density at radius 3 is 2.45 bits per heavy atom. The van der Waals surface area contributed by atoms with E-state index in [-0.39, 0.29) is 11.5 Å². The number of aromatic hydroxyl groups is 1. The molecule has 2 aliphatic rings. The fourth-order valence-corrected chi connectivity index (χ4v) is 9.39. The molecule has 29 heavy (non-hydrogen) atoms. The van der Waals surface area contributed by atoms with Gasteiger partial charge < -0.3 is 9.84 Å². The molecule has 1 N–H and O–H groups in total. The molecular formula is C26H42O2Si. The Bertz CT molecular complexity index is 737. The highest BCUT2D eigenvalue weighted by atomic mass is 28.3. The minimum atomic E-state index is -1.02. The van der Waals surface area contributed by atoms with E-state index >= 15 is 0 Å². The maximum absolute atomic E-state index is 10.9. The molecule has 0 bridgehead atoms. The van der Waals surface area contributed by atoms with Crippen molar-refractivity contribution < 1.29 is 9.84 Å². The van der Waals surface area contributed by atoms with E-state index in [1.165, 1.54) is 48.2 Å². The largest absolute Gasteiger partial charge is 0.507 e. The summed E-state index contributed by atoms with van der Waals surface area (Å²) in [4.78, 5) is 0. The van der Waals surface area contributed by atoms with Gasteiger partial charge in [0.05, 0.1) is 8.07 Å². The standard InChI is InChI=1S/C26H42O2Si/c1-7-29(8-2,9-3)15-11-10-12-20-17-23(27)25-21-16-19(4)13-14-22(21)26(5,6)28-24(25)18-20/h16-18,21-22,27H,7-15H2,1-6H3/t21-,22-/m1/s1. The third-order valence-corrected chi connectivity index (χ3v) is 14.1. The van der Waals surface area contributed by atoms with E-state index in [4.69, 9.17) is 4.74 Å². The van der Waals surface area contributed by atoms with Gasteiger partial charge in [0.2, 0.25) is 0 Å². The zero-order valence-corrected chi connectivity index (χ0v) is 20.6. The molecule has 0 radical (unpaired) electrons. The molecule has 2 nitrogen and oxygen atoms in total. The fraction of sp³-hybridized carbons (Fsp3) is 0.692. The summed E-state index contributed by atoms with van der Waals surface area (Å²) in [5.74, 6) is 2.07. The molecule has 0 aromatic heterocycles. The molecule has 1 aromatic rings. The number of rotatable bonds is 8. The number of benzene rings is 1. The van der Waals surface area contributed by atoms with Crippen LogP contribution in [0.2, 0.25) is 24.2 Å². The lowest BCUT2D eigenvalue weighted by molar-refractivity contribution is 0.0107. The Balaban J connectivity index is 1.75. The van der Waals surface area contributed by atoms with Crippen LogP contribution in [-0.2, 0) is 6.42 Å². The van der Waals surface area contributed by atoms with Crippen LogP contribution >= 0.6 is 0 Å². The van der Waals surface area contributed by atoms with E-state index in [9.17, 15) is 5.11 Å². The Morgan fingerprint density at radius 1 is 1.10 bits per heavy atom. The van der Waals surface area contributed by atoms with Crippen LogP contribution in [0.5, 0.6) is 11.5 Å². The Morgan fingerprint density at radius 2 is 1.79 bits per heavy atom. The number of phenols is 1. The van der Waals surface area contributed by atoms with Crippen molar-refractivity contribution in [3.8, 4) is 11.5 Å². The molecule has 2 atom stereocenters. The topological polar surface area (TPSA) is 29.5 Å². The first-order valence-corrected chi connectivity index (χ1v) is 14.8. The molecule has 162 valence electrons. The highest BCUT2D eigenvalue weighted by Crippen LogP contribution is 2.53. The first-order valence-electron chi connectivity index (χ1n) is 12.0. The van der Waals surface area contributed by atoms with Gasteiger partial charge in [-0.25, -0.2) is 0 Å². The number of aryl methyl sites for hydroxylation is 1. The van der Waals surface area contributed by atoms with Gasteiger partial charge in [-0.2, -0.15) is 0 Å². The molecule has 1 heterocycles. The number of hydrogen-bond acceptors (Lipinski definition) is 2. The average Bonchev–Trinajstić information content (AvgIpc) is 2.67. The molecular weight excluding hydrogens is 372 g/mol. The normalized spacial score (nSPS) is 23.0. The van der Waals surface area contributed by atoms with E-state index in [1.54, 1.807) is 0 Å². The van der Waals surface area contributed by atoms with Crippen molar-refractivity contribution >= 4 is 8.07 Å². The van der Waals surface area contributed by atoms with Crippen molar-refractivity contribution in [2.75, 3.05) is 0 Å². The molecule has 3 heteroatoms. The molecule has 1 aromatic carbocycles. The summed E-state index contributed by atoms with van der Waals surface area (Å²) in [6.45, 7) is 13.8. The number of fused-ring (bicyclic) bond motifs is 3. The lowest BCUT2D eigenvalue weighted by Crippen LogP contribution is -2.45. The first-order chi connectivity index (χ1) is 13.7. The average molecular weight is 415 g/mol. The Kier molecular flexibility index (Phi) is 6.87. The first kappa shape index (κ1) is 22.5. The molecule has 0 spiro atoms. The third kappa shape index (κ3) is 4.60. The summed E-state index contributed by atoms with van der Waals surface area (Å²) in [7, 11) is -1.02. The van der Waals surface area contributed by atoms with Crippen molar-refractivity contribution in [3.63, 3.8) is 0 Å². The van der Waals surface area contributed by atoms with Gasteiger partial charge in [-0.05, 0) is 64.2 Å². The van der Waals surface area contributed by atoms with Gasteiger partial charge in [0.25, 0.3) is 0 Å². The summed E-state index contributed by atoms with van der Waals surface area (Å²) in [6, 6.07) is 9.92. The fourth-order valence-electron chi connectivity index (χ4n) is 5.83. The minimum Gasteiger partial charge on any atom is -0.507 e. The van der Waals surface area contributed by atoms with Crippen LogP contribution in [0.25, 0.3) is 0 Å². The number of allylic oxidation sites excluding steroid dienone is 2. The van der Waals surface area contributed by atoms with Crippen LogP contribution < -0.4 is 4.74 Å². The van der Waals surface area contributed by atoms with Gasteiger partial charge in [-0.15, -0.1) is 0 Å². The second kappa shape index (κ2) is 8.87. The van der Waals surface area contributed by atoms with Crippen molar-refractivity contribution in [3.05, 3.63) is 34.9 Å². The summed E-state index contributed by atoms with van der Waals surface area (Å²) < 4.78 is 6.48. The van der Waals surface area contributed by atoms with Gasteiger partial charge in [0.15, 0.2) is 0 Å². The van der Waals surface area contributed by atoms with Crippen LogP contribution in [-0.4, -0.2) is 18.8 Å². The van der Waals surface area contributed by atoms with Crippen molar-refractivity contribution in [1.29, 1.82) is 0 Å². The van der Waals surface area contributed by atoms with E-state index in [0.29, 0.717) is 11.7 Å². The molecule has 1 aliphatic carbocycles. The van der Waals surface area contributed by atoms with Gasteiger partial charge >= 0.3 is 0 Å². The van der Waals surface area contributed by atoms with Crippen LogP contribution in [0.15, 0.2) is 23.8 Å². The predicted molar refractivity (Wildman–Crippen MR) is 127 cm³/mol. The van der Waals surface area contributed by atoms with Gasteiger partial charge in [0.1, 0.15) is 17.1 Å². The highest BCUT2D eigenvalue weighted by molar-refractivity contribution is 6.79. The maximum atomic E-state index is 10.9. The second-order valence-electron chi connectivity index (χ2n) is 10.2. The number of ether oxygens (including phenoxy) is 1. The Hall–Kier alpha value is -1.22. The molecule has 0 saturated carbocycles. The summed E-state index contributed by atoms with van der Waals surface area (Å²) in [5.41, 5.74) is 3.50. The van der Waals surface area contributed by atoms with Crippen LogP contribution in [0.1, 0.15) is 84.3 Å². The highest BCUT2D eigenvalue weighted by Gasteiger charge is 2.45. The zero-order valence-electron chi connectivity index (χ0n) is 19.6. The van der Waals surface area contributed by atoms with Crippen molar-refractivity contribution in [1.82, 2.24) is 0 Å². The van der Waals surface area contributed by atoms with Crippen LogP contribution in [0, 0.1) is 5.92 Å². The number of unbranched alkanes of at least 4 members (excludes halogenated alkanes) is 1. The summed E-state index contributed by atoms with van der Waals surface area (Å²) in [6.07, 6.45) is 8.22. The van der Waals surface area contributed by atoms with E-state index in [0.717, 1.165) is 30.6 Å². The molecule has 0 fully saturated rings. The predicted octanol–water partition coefficient (Wildman–Crippen LogP) is 7.83. The molecule has 3 rings (SSSR count). The van der Waals surface area contributed by atoms with Crippen molar-refractivity contribution in [2.24, 2.45) is 5.92 Å². The van der Waals surface area contributed by atoms with E-state index in [1.807, 2.05) is 6.07 Å². The van der Waals surface area contributed by atoms with Crippen LogP contribution in [0.3, 0.4) is 0 Å². The van der Waals surface area contributed by atoms with E-state index < -0.39 is 8.07 Å². The SMILES string of the molecule is CC[Si](CC)(CC)CCCCc1cc(O)c2c(c1)OC(C)(C)[C@@H]1CCC(C)=C[C@@H]21. The van der Waals surface area contributed by atoms with Crippen LogP contribution in [0.4, 0.5) is 0 Å². The Labute approximate surface area is 179 Å². The lowest BCUT2D eigenvalue weighted by Gasteiger charge is -2.46. The smallest absolute Gasteiger partial charge is 0.127 e. The molecule has 0 saturated heterocycles. The lowest BCUT2D eigenvalue weighted by atomic mass is 9.68. The minimum absolute atomic E-state index is 0.186. The number of hydrogen-bond donors (Lipinski definition) is 1. The number of phenolic OH excluding ortho intramolecular Hbond substituents is 1. The maximum Gasteiger partial charge on any atom is 0.127 e. The zero-order chi connectivity index (χ0) is 21.2. The van der Waals surface area contributed by atoms with Gasteiger partial charge in [-0.3, -0.25) is 0 Å². The molecule has 0 unspecified atom stereocenters. The third-order valence-electron chi connectivity index (χ3n) is 8.20. The summed E-state index contributed by atoms with van der Waals surface area (Å²) >= 11 is 0. The molecule has 0 amide bonds. The second-order valence-corrected chi connectivity index (χ2v) is 15.8. The van der Waals surface area contributed by atoms with Gasteiger partial charge in [-0.1, -0.05) is 63.0 Å². The quantitative estimate of drug-likeness (QED) is 0.267. The van der Waals surface area contributed by atoms with E-state index in [2.05, 4.69) is 53.7 Å². The molecule has 1 aliphatic heterocycles. The van der Waals surface area contributed by atoms with Crippen molar-refractivity contribution in [2.45, 2.75) is 109 Å².